The molecule has 3 aromatic rings. The smallest absolute Gasteiger partial charge is 0.261 e. The fraction of sp³-hybridized carbons (Fsp3) is 0.304. The number of amides is 1. The molecule has 0 fully saturated rings. The van der Waals surface area contributed by atoms with Crippen molar-refractivity contribution in [2.75, 3.05) is 19.5 Å². The molecule has 0 saturated carbocycles. The maximum Gasteiger partial charge on any atom is 0.261 e. The van der Waals surface area contributed by atoms with Gasteiger partial charge in [-0.05, 0) is 42.3 Å². The molecule has 4 N–H and O–H groups in total. The summed E-state index contributed by atoms with van der Waals surface area (Å²) in [5, 5.41) is 3.46. The summed E-state index contributed by atoms with van der Waals surface area (Å²) in [5.74, 6) is 0.573. The molecule has 0 aliphatic heterocycles. The van der Waals surface area contributed by atoms with E-state index in [9.17, 15) is 9.59 Å². The van der Waals surface area contributed by atoms with Crippen LogP contribution in [0.4, 0.5) is 5.69 Å². The van der Waals surface area contributed by atoms with Crippen molar-refractivity contribution in [3.05, 3.63) is 63.9 Å². The Bertz CT molecular complexity index is 1070. The number of anilines is 1. The second-order valence-corrected chi connectivity index (χ2v) is 7.05. The fourth-order valence-electron chi connectivity index (χ4n) is 3.14. The van der Waals surface area contributed by atoms with Crippen molar-refractivity contribution in [3.63, 3.8) is 0 Å². The van der Waals surface area contributed by atoms with Crippen LogP contribution in [-0.2, 0) is 6.54 Å². The van der Waals surface area contributed by atoms with Crippen LogP contribution in [0.1, 0.15) is 42.1 Å². The summed E-state index contributed by atoms with van der Waals surface area (Å²) in [4.78, 5) is 28.0. The summed E-state index contributed by atoms with van der Waals surface area (Å²) >= 11 is 0. The van der Waals surface area contributed by atoms with E-state index in [0.717, 1.165) is 24.8 Å². The third-order valence-corrected chi connectivity index (χ3v) is 4.83. The first kappa shape index (κ1) is 21.2. The number of nitrogens with two attached hydrogens (primary N) is 1. The molecule has 7 heteroatoms. The number of H-pyrrole nitrogens is 1. The molecular formula is C23H27N3O4. The van der Waals surface area contributed by atoms with Gasteiger partial charge < -0.3 is 25.5 Å². The number of fused-ring (bicyclic) bond motifs is 1. The van der Waals surface area contributed by atoms with E-state index in [0.29, 0.717) is 41.2 Å². The Hall–Kier alpha value is -3.48. The van der Waals surface area contributed by atoms with E-state index in [1.807, 2.05) is 12.1 Å². The molecule has 0 atom stereocenters. The van der Waals surface area contributed by atoms with Crippen LogP contribution in [0.3, 0.4) is 0 Å². The Morgan fingerprint density at radius 2 is 1.90 bits per heavy atom. The van der Waals surface area contributed by atoms with Crippen molar-refractivity contribution in [2.24, 2.45) is 0 Å². The third kappa shape index (κ3) is 4.92. The van der Waals surface area contributed by atoms with E-state index in [2.05, 4.69) is 17.2 Å². The van der Waals surface area contributed by atoms with Crippen LogP contribution in [0.5, 0.6) is 11.5 Å². The highest BCUT2D eigenvalue weighted by atomic mass is 16.5. The van der Waals surface area contributed by atoms with E-state index in [4.69, 9.17) is 15.2 Å². The Balaban J connectivity index is 1.84. The van der Waals surface area contributed by atoms with Gasteiger partial charge in [0.05, 0.1) is 19.2 Å². The Kier molecular flexibility index (Phi) is 6.95. The number of pyridine rings is 1. The van der Waals surface area contributed by atoms with Crippen molar-refractivity contribution in [1.29, 1.82) is 0 Å². The van der Waals surface area contributed by atoms with Gasteiger partial charge >= 0.3 is 0 Å². The summed E-state index contributed by atoms with van der Waals surface area (Å²) in [6.45, 7) is 2.94. The Morgan fingerprint density at radius 3 is 2.60 bits per heavy atom. The molecule has 1 aromatic heterocycles. The van der Waals surface area contributed by atoms with Crippen LogP contribution >= 0.6 is 0 Å². The highest BCUT2D eigenvalue weighted by molar-refractivity contribution is 5.98. The van der Waals surface area contributed by atoms with Gasteiger partial charge in [-0.15, -0.1) is 0 Å². The predicted molar refractivity (Wildman–Crippen MR) is 118 cm³/mol. The lowest BCUT2D eigenvalue weighted by Crippen LogP contribution is -2.29. The van der Waals surface area contributed by atoms with Crippen molar-refractivity contribution in [3.8, 4) is 11.5 Å². The number of aromatic nitrogens is 1. The molecule has 7 nitrogen and oxygen atoms in total. The molecule has 3 rings (SSSR count). The Morgan fingerprint density at radius 1 is 1.13 bits per heavy atom. The van der Waals surface area contributed by atoms with Gasteiger partial charge in [-0.1, -0.05) is 31.9 Å². The zero-order chi connectivity index (χ0) is 21.5. The minimum absolute atomic E-state index is 0.0417. The summed E-state index contributed by atoms with van der Waals surface area (Å²) in [6, 6.07) is 12.3. The third-order valence-electron chi connectivity index (χ3n) is 4.83. The van der Waals surface area contributed by atoms with E-state index in [1.165, 1.54) is 0 Å². The highest BCUT2D eigenvalue weighted by Crippen LogP contribution is 2.34. The molecule has 30 heavy (non-hydrogen) atoms. The van der Waals surface area contributed by atoms with Crippen molar-refractivity contribution in [1.82, 2.24) is 10.3 Å². The van der Waals surface area contributed by atoms with Gasteiger partial charge in [0.15, 0.2) is 11.5 Å². The number of ether oxygens (including phenoxy) is 2. The SMILES string of the molecule is CCCCCOc1c(OC)ccc2cc(C(=O)NCc3ccc(N)cc3)c(=O)[nH]c12. The number of hydrogen-bond donors (Lipinski definition) is 3. The predicted octanol–water partition coefficient (Wildman–Crippen LogP) is 3.62. The molecule has 0 saturated heterocycles. The minimum atomic E-state index is -0.482. The van der Waals surface area contributed by atoms with Crippen LogP contribution in [0.2, 0.25) is 0 Å². The molecule has 1 amide bonds. The van der Waals surface area contributed by atoms with E-state index >= 15 is 0 Å². The number of benzene rings is 2. The monoisotopic (exact) mass is 409 g/mol. The number of hydrogen-bond acceptors (Lipinski definition) is 5. The van der Waals surface area contributed by atoms with Crippen molar-refractivity contribution >= 4 is 22.5 Å². The van der Waals surface area contributed by atoms with Crippen molar-refractivity contribution < 1.29 is 14.3 Å². The largest absolute Gasteiger partial charge is 0.493 e. The summed E-state index contributed by atoms with van der Waals surface area (Å²) in [7, 11) is 1.55. The number of methoxy groups -OCH3 is 1. The molecule has 0 spiro atoms. The van der Waals surface area contributed by atoms with Gasteiger partial charge in [-0.2, -0.15) is 0 Å². The average Bonchev–Trinajstić information content (AvgIpc) is 2.75. The minimum Gasteiger partial charge on any atom is -0.493 e. The first-order valence-electron chi connectivity index (χ1n) is 10.0. The molecule has 0 bridgehead atoms. The zero-order valence-corrected chi connectivity index (χ0v) is 17.3. The van der Waals surface area contributed by atoms with Gasteiger partial charge in [0.2, 0.25) is 0 Å². The van der Waals surface area contributed by atoms with Gasteiger partial charge in [-0.25, -0.2) is 0 Å². The van der Waals surface area contributed by atoms with E-state index < -0.39 is 11.5 Å². The Labute approximate surface area is 175 Å². The first-order valence-corrected chi connectivity index (χ1v) is 10.0. The van der Waals surface area contributed by atoms with E-state index in [-0.39, 0.29) is 5.56 Å². The number of nitrogen functional groups attached to an aromatic ring is 1. The lowest BCUT2D eigenvalue weighted by atomic mass is 10.1. The second-order valence-electron chi connectivity index (χ2n) is 7.05. The number of rotatable bonds is 9. The molecule has 0 unspecified atom stereocenters. The van der Waals surface area contributed by atoms with Crippen LogP contribution in [0, 0.1) is 0 Å². The summed E-state index contributed by atoms with van der Waals surface area (Å²) < 4.78 is 11.3. The lowest BCUT2D eigenvalue weighted by Gasteiger charge is -2.14. The van der Waals surface area contributed by atoms with Gasteiger partial charge in [0.1, 0.15) is 5.56 Å². The molecule has 1 heterocycles. The molecule has 158 valence electrons. The van der Waals surface area contributed by atoms with Crippen LogP contribution in [0.25, 0.3) is 10.9 Å². The van der Waals surface area contributed by atoms with Gasteiger partial charge in [-0.3, -0.25) is 9.59 Å². The quantitative estimate of drug-likeness (QED) is 0.370. The molecule has 0 radical (unpaired) electrons. The lowest BCUT2D eigenvalue weighted by molar-refractivity contribution is 0.0949. The summed E-state index contributed by atoms with van der Waals surface area (Å²) in [6.07, 6.45) is 3.05. The maximum absolute atomic E-state index is 12.6. The molecule has 0 aliphatic rings. The normalized spacial score (nSPS) is 10.7. The number of aromatic amines is 1. The first-order chi connectivity index (χ1) is 14.5. The maximum atomic E-state index is 12.6. The fourth-order valence-corrected chi connectivity index (χ4v) is 3.14. The summed E-state index contributed by atoms with van der Waals surface area (Å²) in [5.41, 5.74) is 7.29. The van der Waals surface area contributed by atoms with Gasteiger partial charge in [0.25, 0.3) is 11.5 Å². The zero-order valence-electron chi connectivity index (χ0n) is 17.3. The molecular weight excluding hydrogens is 382 g/mol. The topological polar surface area (TPSA) is 106 Å². The number of unbranched alkanes of at least 4 members (excludes halogenated alkanes) is 2. The van der Waals surface area contributed by atoms with Crippen LogP contribution in [0.15, 0.2) is 47.3 Å². The highest BCUT2D eigenvalue weighted by Gasteiger charge is 2.16. The molecule has 0 aliphatic carbocycles. The standard InChI is InChI=1S/C23H27N3O4/c1-3-4-5-12-30-21-19(29-2)11-8-16-13-18(23(28)26-20(16)21)22(27)25-14-15-6-9-17(24)10-7-15/h6-11,13H,3-5,12,14,24H2,1-2H3,(H,25,27)(H,26,28). The van der Waals surface area contributed by atoms with E-state index in [1.54, 1.807) is 37.4 Å². The number of nitrogens with one attached hydrogen (secondary N) is 2. The van der Waals surface area contributed by atoms with Crippen molar-refractivity contribution in [2.45, 2.75) is 32.7 Å². The molecule has 2 aromatic carbocycles. The van der Waals surface area contributed by atoms with Gasteiger partial charge in [0, 0.05) is 17.6 Å². The average molecular weight is 409 g/mol. The van der Waals surface area contributed by atoms with Crippen LogP contribution < -0.4 is 26.1 Å². The number of carbonyl (C=O) groups excluding carboxylic acids is 1. The van der Waals surface area contributed by atoms with Crippen LogP contribution in [-0.4, -0.2) is 24.6 Å². The second kappa shape index (κ2) is 9.82. The number of carbonyl (C=O) groups is 1.